The van der Waals surface area contributed by atoms with Crippen LogP contribution in [0, 0.1) is 6.92 Å². The lowest BCUT2D eigenvalue weighted by atomic mass is 10.3. The van der Waals surface area contributed by atoms with Crippen molar-refractivity contribution in [3.8, 4) is 0 Å². The fourth-order valence-electron chi connectivity index (χ4n) is 2.04. The predicted molar refractivity (Wildman–Crippen MR) is 75.4 cm³/mol. The molecule has 0 unspecified atom stereocenters. The van der Waals surface area contributed by atoms with Crippen LogP contribution in [0.15, 0.2) is 5.38 Å². The topological polar surface area (TPSA) is 45.4 Å². The summed E-state index contributed by atoms with van der Waals surface area (Å²) in [6.45, 7) is 7.98. The highest BCUT2D eigenvalue weighted by Gasteiger charge is 2.17. The van der Waals surface area contributed by atoms with Crippen molar-refractivity contribution < 1.29 is 0 Å². The Kier molecular flexibility index (Phi) is 4.44. The van der Waals surface area contributed by atoms with E-state index in [4.69, 9.17) is 18.0 Å². The summed E-state index contributed by atoms with van der Waals surface area (Å²) in [6.07, 6.45) is 0. The number of rotatable bonds is 4. The second kappa shape index (κ2) is 5.86. The summed E-state index contributed by atoms with van der Waals surface area (Å²) in [5, 5.41) is 3.29. The van der Waals surface area contributed by atoms with Gasteiger partial charge in [0.15, 0.2) is 0 Å². The van der Waals surface area contributed by atoms with Gasteiger partial charge >= 0.3 is 0 Å². The molecule has 0 amide bonds. The van der Waals surface area contributed by atoms with E-state index >= 15 is 0 Å². The Labute approximate surface area is 111 Å². The van der Waals surface area contributed by atoms with Crippen LogP contribution >= 0.6 is 23.6 Å². The number of aromatic nitrogens is 1. The fraction of sp³-hybridized carbons (Fsp3) is 0.636. The van der Waals surface area contributed by atoms with Crippen LogP contribution in [0.5, 0.6) is 0 Å². The molecule has 0 aliphatic carbocycles. The van der Waals surface area contributed by atoms with E-state index in [1.54, 1.807) is 11.3 Å². The third-order valence-electron chi connectivity index (χ3n) is 2.90. The molecule has 2 N–H and O–H groups in total. The summed E-state index contributed by atoms with van der Waals surface area (Å²) in [5.74, 6) is 0. The van der Waals surface area contributed by atoms with Crippen molar-refractivity contribution in [2.45, 2.75) is 13.5 Å². The average Bonchev–Trinajstić information content (AvgIpc) is 2.66. The van der Waals surface area contributed by atoms with Crippen LogP contribution in [-0.2, 0) is 6.54 Å². The molecule has 4 nitrogen and oxygen atoms in total. The number of hydrogen-bond acceptors (Lipinski definition) is 5. The Hall–Kier alpha value is -0.560. The minimum Gasteiger partial charge on any atom is -0.392 e. The SMILES string of the molecule is Cc1nc(CN2CCN(CC(N)=S)CC2)cs1. The van der Waals surface area contributed by atoms with Crippen molar-refractivity contribution >= 4 is 28.5 Å². The van der Waals surface area contributed by atoms with Gasteiger partial charge in [0.2, 0.25) is 0 Å². The van der Waals surface area contributed by atoms with E-state index in [9.17, 15) is 0 Å². The number of hydrogen-bond donors (Lipinski definition) is 1. The van der Waals surface area contributed by atoms with Gasteiger partial charge in [0.25, 0.3) is 0 Å². The average molecular weight is 270 g/mol. The number of nitrogens with zero attached hydrogens (tertiary/aromatic N) is 3. The van der Waals surface area contributed by atoms with E-state index in [1.807, 2.05) is 6.92 Å². The van der Waals surface area contributed by atoms with Gasteiger partial charge < -0.3 is 5.73 Å². The van der Waals surface area contributed by atoms with Crippen LogP contribution in [-0.4, -0.2) is 52.5 Å². The van der Waals surface area contributed by atoms with Gasteiger partial charge in [-0.05, 0) is 6.92 Å². The van der Waals surface area contributed by atoms with Gasteiger partial charge in [0, 0.05) is 44.6 Å². The second-order valence-corrected chi connectivity index (χ2v) is 5.96. The summed E-state index contributed by atoms with van der Waals surface area (Å²) in [5.41, 5.74) is 6.74. The van der Waals surface area contributed by atoms with Crippen molar-refractivity contribution in [2.75, 3.05) is 32.7 Å². The van der Waals surface area contributed by atoms with Gasteiger partial charge in [-0.25, -0.2) is 4.98 Å². The fourth-order valence-corrected chi connectivity index (χ4v) is 2.82. The Morgan fingerprint density at radius 2 is 2.06 bits per heavy atom. The normalized spacial score (nSPS) is 18.4. The third kappa shape index (κ3) is 3.99. The number of thiazole rings is 1. The maximum atomic E-state index is 5.55. The molecule has 2 rings (SSSR count). The summed E-state index contributed by atoms with van der Waals surface area (Å²) in [7, 11) is 0. The quantitative estimate of drug-likeness (QED) is 0.822. The molecule has 1 aliphatic heterocycles. The van der Waals surface area contributed by atoms with E-state index in [0.717, 1.165) is 44.3 Å². The smallest absolute Gasteiger partial charge is 0.0897 e. The maximum Gasteiger partial charge on any atom is 0.0897 e. The Balaban J connectivity index is 1.77. The van der Waals surface area contributed by atoms with Crippen molar-refractivity contribution in [1.29, 1.82) is 0 Å². The number of piperazine rings is 1. The van der Waals surface area contributed by atoms with Crippen LogP contribution in [0.1, 0.15) is 10.7 Å². The van der Waals surface area contributed by atoms with Gasteiger partial charge in [-0.1, -0.05) is 12.2 Å². The lowest BCUT2D eigenvalue weighted by molar-refractivity contribution is 0.139. The largest absolute Gasteiger partial charge is 0.392 e. The Morgan fingerprint density at radius 3 is 2.59 bits per heavy atom. The molecule has 0 bridgehead atoms. The van der Waals surface area contributed by atoms with Gasteiger partial charge in [0.05, 0.1) is 15.7 Å². The highest BCUT2D eigenvalue weighted by Crippen LogP contribution is 2.12. The van der Waals surface area contributed by atoms with Crippen LogP contribution in [0.3, 0.4) is 0 Å². The van der Waals surface area contributed by atoms with E-state index in [2.05, 4.69) is 20.2 Å². The molecule has 0 aromatic carbocycles. The highest BCUT2D eigenvalue weighted by molar-refractivity contribution is 7.80. The second-order valence-electron chi connectivity index (χ2n) is 4.38. The highest BCUT2D eigenvalue weighted by atomic mass is 32.1. The zero-order valence-electron chi connectivity index (χ0n) is 10.1. The van der Waals surface area contributed by atoms with E-state index in [0.29, 0.717) is 4.99 Å². The molecule has 1 aromatic rings. The first-order valence-corrected chi connectivity index (χ1v) is 7.06. The van der Waals surface area contributed by atoms with Crippen LogP contribution < -0.4 is 5.73 Å². The number of thiocarbonyl (C=S) groups is 1. The van der Waals surface area contributed by atoms with Gasteiger partial charge in [-0.2, -0.15) is 0 Å². The molecule has 0 spiro atoms. The summed E-state index contributed by atoms with van der Waals surface area (Å²) in [4.78, 5) is 9.83. The van der Waals surface area contributed by atoms with E-state index in [1.165, 1.54) is 5.69 Å². The molecule has 1 saturated heterocycles. The van der Waals surface area contributed by atoms with Crippen molar-refractivity contribution in [3.63, 3.8) is 0 Å². The predicted octanol–water partition coefficient (Wildman–Crippen LogP) is 0.855. The van der Waals surface area contributed by atoms with E-state index < -0.39 is 0 Å². The third-order valence-corrected chi connectivity index (χ3v) is 3.85. The number of aryl methyl sites for hydroxylation is 1. The Morgan fingerprint density at radius 1 is 1.41 bits per heavy atom. The van der Waals surface area contributed by atoms with Crippen molar-refractivity contribution in [1.82, 2.24) is 14.8 Å². The molecule has 17 heavy (non-hydrogen) atoms. The van der Waals surface area contributed by atoms with Crippen LogP contribution in [0.4, 0.5) is 0 Å². The standard InChI is InChI=1S/C11H18N4S2/c1-9-13-10(8-17-9)6-14-2-4-15(5-3-14)7-11(12)16/h8H,2-7H2,1H3,(H2,12,16). The first-order valence-electron chi connectivity index (χ1n) is 5.77. The first-order chi connectivity index (χ1) is 8.13. The Bertz CT molecular complexity index is 383. The lowest BCUT2D eigenvalue weighted by Gasteiger charge is -2.33. The van der Waals surface area contributed by atoms with Crippen molar-refractivity contribution in [3.05, 3.63) is 16.1 Å². The zero-order valence-corrected chi connectivity index (χ0v) is 11.7. The molecule has 0 saturated carbocycles. The molecular weight excluding hydrogens is 252 g/mol. The minimum absolute atomic E-state index is 0.591. The molecular formula is C11H18N4S2. The summed E-state index contributed by atoms with van der Waals surface area (Å²) in [6, 6.07) is 0. The maximum absolute atomic E-state index is 5.55. The van der Waals surface area contributed by atoms with Gasteiger partial charge in [-0.3, -0.25) is 9.80 Å². The molecule has 0 radical (unpaired) electrons. The zero-order chi connectivity index (χ0) is 12.3. The molecule has 1 fully saturated rings. The van der Waals surface area contributed by atoms with Crippen LogP contribution in [0.2, 0.25) is 0 Å². The monoisotopic (exact) mass is 270 g/mol. The van der Waals surface area contributed by atoms with Gasteiger partial charge in [-0.15, -0.1) is 11.3 Å². The molecule has 94 valence electrons. The summed E-state index contributed by atoms with van der Waals surface area (Å²) >= 11 is 6.65. The number of nitrogens with two attached hydrogens (primary N) is 1. The van der Waals surface area contributed by atoms with E-state index in [-0.39, 0.29) is 0 Å². The molecule has 6 heteroatoms. The summed E-state index contributed by atoms with van der Waals surface area (Å²) < 4.78 is 0. The van der Waals surface area contributed by atoms with Crippen molar-refractivity contribution in [2.24, 2.45) is 5.73 Å². The van der Waals surface area contributed by atoms with Gasteiger partial charge in [0.1, 0.15) is 0 Å². The molecule has 1 aromatic heterocycles. The molecule has 2 heterocycles. The lowest BCUT2D eigenvalue weighted by Crippen LogP contribution is -2.48. The first kappa shape index (κ1) is 12.9. The molecule has 0 atom stereocenters. The molecule has 1 aliphatic rings. The minimum atomic E-state index is 0.591. The van der Waals surface area contributed by atoms with Crippen LogP contribution in [0.25, 0.3) is 0 Å².